The SMILES string of the molecule is COC[C@H]1O[C@H](OCc2ccccc2)[C@H](NC(C)=O)[C@@H](O[C@@H]2O[C@H](CO)[C@H](O)[C@H](OC)[C@H]2O)[C@H]1O. The molecule has 2 aliphatic rings. The zero-order valence-corrected chi connectivity index (χ0v) is 19.9. The molecule has 2 fully saturated rings. The molecule has 1 aromatic carbocycles. The molecular weight excluding hydrogens is 466 g/mol. The molecule has 0 aliphatic carbocycles. The van der Waals surface area contributed by atoms with E-state index in [-0.39, 0.29) is 13.2 Å². The van der Waals surface area contributed by atoms with Gasteiger partial charge >= 0.3 is 0 Å². The number of hydrogen-bond donors (Lipinski definition) is 5. The van der Waals surface area contributed by atoms with Crippen LogP contribution in [-0.2, 0) is 39.8 Å². The van der Waals surface area contributed by atoms with Gasteiger partial charge in [-0.1, -0.05) is 30.3 Å². The summed E-state index contributed by atoms with van der Waals surface area (Å²) in [6, 6.07) is 8.31. The summed E-state index contributed by atoms with van der Waals surface area (Å²) in [6.45, 7) is 0.876. The van der Waals surface area contributed by atoms with Crippen LogP contribution < -0.4 is 5.32 Å². The molecule has 12 nitrogen and oxygen atoms in total. The van der Waals surface area contributed by atoms with Gasteiger partial charge in [-0.15, -0.1) is 0 Å². The van der Waals surface area contributed by atoms with Crippen molar-refractivity contribution in [3.05, 3.63) is 35.9 Å². The number of aliphatic hydroxyl groups excluding tert-OH is 4. The highest BCUT2D eigenvalue weighted by Crippen LogP contribution is 2.31. The van der Waals surface area contributed by atoms with Crippen LogP contribution in [0.3, 0.4) is 0 Å². The maximum Gasteiger partial charge on any atom is 0.217 e. The fourth-order valence-electron chi connectivity index (χ4n) is 4.26. The Bertz CT molecular complexity index is 784. The highest BCUT2D eigenvalue weighted by atomic mass is 16.7. The van der Waals surface area contributed by atoms with Crippen molar-refractivity contribution >= 4 is 5.91 Å². The lowest BCUT2D eigenvalue weighted by Gasteiger charge is -2.48. The molecule has 198 valence electrons. The molecule has 0 aromatic heterocycles. The van der Waals surface area contributed by atoms with Gasteiger partial charge in [0.05, 0.1) is 19.8 Å². The third-order valence-electron chi connectivity index (χ3n) is 6.02. The Kier molecular flexibility index (Phi) is 10.4. The van der Waals surface area contributed by atoms with E-state index in [1.54, 1.807) is 0 Å². The van der Waals surface area contributed by atoms with Gasteiger partial charge in [-0.25, -0.2) is 0 Å². The lowest BCUT2D eigenvalue weighted by Crippen LogP contribution is -2.68. The maximum absolute atomic E-state index is 12.0. The monoisotopic (exact) mass is 501 g/mol. The number of amides is 1. The van der Waals surface area contributed by atoms with Crippen LogP contribution in [0.2, 0.25) is 0 Å². The van der Waals surface area contributed by atoms with E-state index in [0.29, 0.717) is 0 Å². The van der Waals surface area contributed by atoms with E-state index in [2.05, 4.69) is 5.32 Å². The van der Waals surface area contributed by atoms with Crippen molar-refractivity contribution in [3.8, 4) is 0 Å². The first-order valence-electron chi connectivity index (χ1n) is 11.4. The second-order valence-electron chi connectivity index (χ2n) is 8.52. The minimum Gasteiger partial charge on any atom is -0.394 e. The maximum atomic E-state index is 12.0. The molecule has 12 heteroatoms. The number of rotatable bonds is 10. The van der Waals surface area contributed by atoms with Crippen LogP contribution in [0.5, 0.6) is 0 Å². The van der Waals surface area contributed by atoms with Crippen LogP contribution >= 0.6 is 0 Å². The normalized spacial score (nSPS) is 37.7. The Morgan fingerprint density at radius 1 is 0.971 bits per heavy atom. The Morgan fingerprint density at radius 3 is 2.23 bits per heavy atom. The molecule has 1 aromatic rings. The molecule has 0 bridgehead atoms. The van der Waals surface area contributed by atoms with E-state index < -0.39 is 73.9 Å². The minimum absolute atomic E-state index is 0.00817. The van der Waals surface area contributed by atoms with Gasteiger partial charge in [0.1, 0.15) is 48.8 Å². The molecule has 2 aliphatic heterocycles. The number of aliphatic hydroxyl groups is 4. The van der Waals surface area contributed by atoms with E-state index in [4.69, 9.17) is 28.4 Å². The number of hydrogen-bond acceptors (Lipinski definition) is 11. The molecule has 0 unspecified atom stereocenters. The number of carbonyl (C=O) groups is 1. The molecular formula is C23H35NO11. The summed E-state index contributed by atoms with van der Waals surface area (Å²) in [5, 5.41) is 44.4. The van der Waals surface area contributed by atoms with Gasteiger partial charge in [0.25, 0.3) is 0 Å². The number of carbonyl (C=O) groups excluding carboxylic acids is 1. The average molecular weight is 502 g/mol. The van der Waals surface area contributed by atoms with Crippen molar-refractivity contribution in [2.45, 2.75) is 74.9 Å². The van der Waals surface area contributed by atoms with Gasteiger partial charge < -0.3 is 54.2 Å². The molecule has 0 saturated carbocycles. The molecule has 2 saturated heterocycles. The summed E-state index contributed by atoms with van der Waals surface area (Å²) >= 11 is 0. The van der Waals surface area contributed by atoms with Gasteiger partial charge in [0, 0.05) is 21.1 Å². The molecule has 2 heterocycles. The molecule has 3 rings (SSSR count). The van der Waals surface area contributed by atoms with E-state index in [0.717, 1.165) is 5.56 Å². The summed E-state index contributed by atoms with van der Waals surface area (Å²) in [6.07, 6.45) is -10.9. The largest absolute Gasteiger partial charge is 0.394 e. The number of nitrogens with one attached hydrogen (secondary N) is 1. The van der Waals surface area contributed by atoms with Crippen molar-refractivity contribution in [1.29, 1.82) is 0 Å². The zero-order valence-electron chi connectivity index (χ0n) is 19.9. The van der Waals surface area contributed by atoms with Crippen LogP contribution in [0, 0.1) is 0 Å². The van der Waals surface area contributed by atoms with Gasteiger partial charge in [-0.3, -0.25) is 4.79 Å². The highest BCUT2D eigenvalue weighted by molar-refractivity contribution is 5.73. The highest BCUT2D eigenvalue weighted by Gasteiger charge is 2.52. The van der Waals surface area contributed by atoms with Crippen molar-refractivity contribution < 1.29 is 53.6 Å². The molecule has 10 atom stereocenters. The Morgan fingerprint density at radius 2 is 1.63 bits per heavy atom. The predicted molar refractivity (Wildman–Crippen MR) is 119 cm³/mol. The summed E-state index contributed by atoms with van der Waals surface area (Å²) in [7, 11) is 2.73. The van der Waals surface area contributed by atoms with E-state index in [9.17, 15) is 25.2 Å². The first kappa shape index (κ1) is 27.9. The zero-order chi connectivity index (χ0) is 25.5. The smallest absolute Gasteiger partial charge is 0.217 e. The van der Waals surface area contributed by atoms with E-state index in [1.807, 2.05) is 30.3 Å². The first-order valence-corrected chi connectivity index (χ1v) is 11.4. The van der Waals surface area contributed by atoms with Crippen molar-refractivity contribution in [2.24, 2.45) is 0 Å². The second-order valence-corrected chi connectivity index (χ2v) is 8.52. The standard InChI is InChI=1S/C23H35NO11/c1-12(26)24-16-20(35-23-19(29)21(31-3)17(27)14(9-25)33-23)18(28)15(11-30-2)34-22(16)32-10-13-7-5-4-6-8-13/h4-8,14-23,25,27-29H,9-11H2,1-3H3,(H,24,26)/t14-,15-,16-,17+,18+,19-,20-,21+,22+,23+/m1/s1. The third kappa shape index (κ3) is 6.74. The summed E-state index contributed by atoms with van der Waals surface area (Å²) in [4.78, 5) is 12.0. The summed E-state index contributed by atoms with van der Waals surface area (Å²) in [5.41, 5.74) is 0.860. The topological polar surface area (TPSA) is 165 Å². The van der Waals surface area contributed by atoms with Gasteiger partial charge in [0.2, 0.25) is 5.91 Å². The Labute approximate surface area is 203 Å². The summed E-state index contributed by atoms with van der Waals surface area (Å²) < 4.78 is 33.8. The lowest BCUT2D eigenvalue weighted by molar-refractivity contribution is -0.347. The van der Waals surface area contributed by atoms with Crippen LogP contribution in [-0.4, -0.2) is 115 Å². The van der Waals surface area contributed by atoms with Crippen LogP contribution in [0.4, 0.5) is 0 Å². The van der Waals surface area contributed by atoms with Crippen molar-refractivity contribution in [3.63, 3.8) is 0 Å². The minimum atomic E-state index is -1.46. The predicted octanol–water partition coefficient (Wildman–Crippen LogP) is -1.72. The molecule has 1 amide bonds. The first-order chi connectivity index (χ1) is 16.8. The Balaban J connectivity index is 1.86. The number of ether oxygens (including phenoxy) is 6. The van der Waals surface area contributed by atoms with Crippen molar-refractivity contribution in [1.82, 2.24) is 5.32 Å². The van der Waals surface area contributed by atoms with Gasteiger partial charge in [0.15, 0.2) is 12.6 Å². The lowest BCUT2D eigenvalue weighted by atomic mass is 9.95. The summed E-state index contributed by atoms with van der Waals surface area (Å²) in [5.74, 6) is -0.429. The second kappa shape index (κ2) is 13.0. The molecule has 0 spiro atoms. The van der Waals surface area contributed by atoms with Crippen molar-refractivity contribution in [2.75, 3.05) is 27.4 Å². The fraction of sp³-hybridized carbons (Fsp3) is 0.696. The van der Waals surface area contributed by atoms with E-state index in [1.165, 1.54) is 21.1 Å². The van der Waals surface area contributed by atoms with Crippen LogP contribution in [0.15, 0.2) is 30.3 Å². The number of methoxy groups -OCH3 is 2. The van der Waals surface area contributed by atoms with Gasteiger partial charge in [-0.05, 0) is 5.56 Å². The molecule has 35 heavy (non-hydrogen) atoms. The third-order valence-corrected chi connectivity index (χ3v) is 6.02. The quantitative estimate of drug-likeness (QED) is 0.248. The fourth-order valence-corrected chi connectivity index (χ4v) is 4.26. The molecule has 0 radical (unpaired) electrons. The Hall–Kier alpha value is -1.71. The van der Waals surface area contributed by atoms with Gasteiger partial charge in [-0.2, -0.15) is 0 Å². The van der Waals surface area contributed by atoms with E-state index >= 15 is 0 Å². The van der Waals surface area contributed by atoms with Crippen LogP contribution in [0.25, 0.3) is 0 Å². The molecule has 5 N–H and O–H groups in total. The average Bonchev–Trinajstić information content (AvgIpc) is 2.84. The van der Waals surface area contributed by atoms with Crippen LogP contribution in [0.1, 0.15) is 12.5 Å². The number of benzene rings is 1.